The normalized spacial score (nSPS) is 11.8. The Kier molecular flexibility index (Phi) is 5.21. The third-order valence-corrected chi connectivity index (χ3v) is 5.02. The van der Waals surface area contributed by atoms with Gasteiger partial charge < -0.3 is 5.73 Å². The minimum atomic E-state index is -3.47. The Labute approximate surface area is 132 Å². The molecule has 0 bridgehead atoms. The van der Waals surface area contributed by atoms with Crippen LogP contribution in [-0.2, 0) is 16.4 Å². The third-order valence-electron chi connectivity index (χ3n) is 3.54. The predicted octanol–water partition coefficient (Wildman–Crippen LogP) is 2.91. The van der Waals surface area contributed by atoms with Gasteiger partial charge in [-0.25, -0.2) is 13.1 Å². The molecule has 0 saturated carbocycles. The van der Waals surface area contributed by atoms with E-state index < -0.39 is 10.0 Å². The van der Waals surface area contributed by atoms with Gasteiger partial charge in [-0.15, -0.1) is 0 Å². The minimum Gasteiger partial charge on any atom is -0.399 e. The number of benzene rings is 2. The third kappa shape index (κ3) is 4.32. The van der Waals surface area contributed by atoms with Gasteiger partial charge in [-0.1, -0.05) is 38.1 Å². The summed E-state index contributed by atoms with van der Waals surface area (Å²) in [5.41, 5.74) is 8.51. The number of nitrogen functional groups attached to an aromatic ring is 1. The first-order chi connectivity index (χ1) is 10.4. The van der Waals surface area contributed by atoms with Gasteiger partial charge in [-0.05, 0) is 47.7 Å². The first-order valence-corrected chi connectivity index (χ1v) is 8.81. The Morgan fingerprint density at radius 1 is 1.00 bits per heavy atom. The molecular weight excluding hydrogens is 296 g/mol. The molecule has 0 fully saturated rings. The van der Waals surface area contributed by atoms with Crippen LogP contribution in [0.25, 0.3) is 0 Å². The first kappa shape index (κ1) is 16.5. The van der Waals surface area contributed by atoms with Gasteiger partial charge in [-0.3, -0.25) is 0 Å². The predicted molar refractivity (Wildman–Crippen MR) is 90.3 cm³/mol. The first-order valence-electron chi connectivity index (χ1n) is 7.32. The van der Waals surface area contributed by atoms with E-state index in [-0.39, 0.29) is 4.90 Å². The second-order valence-corrected chi connectivity index (χ2v) is 7.38. The van der Waals surface area contributed by atoms with Crippen molar-refractivity contribution in [2.75, 3.05) is 12.3 Å². The van der Waals surface area contributed by atoms with Crippen LogP contribution in [0.3, 0.4) is 0 Å². The van der Waals surface area contributed by atoms with Crippen molar-refractivity contribution in [2.45, 2.75) is 31.1 Å². The fourth-order valence-corrected chi connectivity index (χ4v) is 3.16. The van der Waals surface area contributed by atoms with Gasteiger partial charge in [0, 0.05) is 12.2 Å². The summed E-state index contributed by atoms with van der Waals surface area (Å²) in [6, 6.07) is 14.5. The largest absolute Gasteiger partial charge is 0.399 e. The van der Waals surface area contributed by atoms with Crippen molar-refractivity contribution in [1.29, 1.82) is 0 Å². The number of hydrogen-bond donors (Lipinski definition) is 2. The van der Waals surface area contributed by atoms with E-state index in [2.05, 4.69) is 30.7 Å². The Bertz CT molecular complexity index is 705. The molecule has 22 heavy (non-hydrogen) atoms. The Morgan fingerprint density at radius 2 is 1.59 bits per heavy atom. The standard InChI is InChI=1S/C17H22N2O2S/c1-13(2)15-5-3-14(4-6-15)11-12-19-22(20,21)17-9-7-16(18)8-10-17/h3-10,13,19H,11-12,18H2,1-2H3. The van der Waals surface area contributed by atoms with Crippen LogP contribution in [0.1, 0.15) is 30.9 Å². The number of nitrogens with one attached hydrogen (secondary N) is 1. The highest BCUT2D eigenvalue weighted by atomic mass is 32.2. The Hall–Kier alpha value is -1.85. The second-order valence-electron chi connectivity index (χ2n) is 5.61. The summed E-state index contributed by atoms with van der Waals surface area (Å²) < 4.78 is 26.9. The maximum atomic E-state index is 12.1. The molecule has 0 radical (unpaired) electrons. The average molecular weight is 318 g/mol. The lowest BCUT2D eigenvalue weighted by molar-refractivity contribution is 0.581. The molecule has 4 nitrogen and oxygen atoms in total. The molecule has 0 aliphatic carbocycles. The highest BCUT2D eigenvalue weighted by Gasteiger charge is 2.12. The summed E-state index contributed by atoms with van der Waals surface area (Å²) in [6.45, 7) is 4.67. The van der Waals surface area contributed by atoms with Crippen LogP contribution in [0.2, 0.25) is 0 Å². The number of anilines is 1. The van der Waals surface area contributed by atoms with Crippen LogP contribution >= 0.6 is 0 Å². The van der Waals surface area contributed by atoms with E-state index in [1.165, 1.54) is 17.7 Å². The molecule has 2 aromatic rings. The van der Waals surface area contributed by atoms with Crippen LogP contribution in [-0.4, -0.2) is 15.0 Å². The molecule has 0 aliphatic rings. The van der Waals surface area contributed by atoms with E-state index in [9.17, 15) is 8.42 Å². The molecule has 0 unspecified atom stereocenters. The summed E-state index contributed by atoms with van der Waals surface area (Å²) in [7, 11) is -3.47. The van der Waals surface area contributed by atoms with Gasteiger partial charge in [-0.2, -0.15) is 0 Å². The molecule has 0 heterocycles. The maximum absolute atomic E-state index is 12.1. The van der Waals surface area contributed by atoms with Crippen molar-refractivity contribution in [2.24, 2.45) is 0 Å². The molecular formula is C17H22N2O2S. The summed E-state index contributed by atoms with van der Waals surface area (Å²) in [5.74, 6) is 0.498. The van der Waals surface area contributed by atoms with E-state index in [0.29, 0.717) is 24.6 Å². The SMILES string of the molecule is CC(C)c1ccc(CCNS(=O)(=O)c2ccc(N)cc2)cc1. The van der Waals surface area contributed by atoms with Gasteiger partial charge >= 0.3 is 0 Å². The zero-order valence-electron chi connectivity index (χ0n) is 12.9. The molecule has 0 amide bonds. The number of hydrogen-bond acceptors (Lipinski definition) is 3. The van der Waals surface area contributed by atoms with Crippen molar-refractivity contribution < 1.29 is 8.42 Å². The summed E-state index contributed by atoms with van der Waals surface area (Å²) in [6.07, 6.45) is 0.659. The van der Waals surface area contributed by atoms with Gasteiger partial charge in [0.15, 0.2) is 0 Å². The van der Waals surface area contributed by atoms with E-state index >= 15 is 0 Å². The van der Waals surface area contributed by atoms with Crippen molar-refractivity contribution in [3.63, 3.8) is 0 Å². The van der Waals surface area contributed by atoms with Gasteiger partial charge in [0.25, 0.3) is 0 Å². The number of sulfonamides is 1. The number of rotatable bonds is 6. The van der Waals surface area contributed by atoms with Gasteiger partial charge in [0.2, 0.25) is 10.0 Å². The molecule has 0 spiro atoms. The lowest BCUT2D eigenvalue weighted by Crippen LogP contribution is -2.26. The van der Waals surface area contributed by atoms with Crippen molar-refractivity contribution in [3.05, 3.63) is 59.7 Å². The summed E-state index contributed by atoms with van der Waals surface area (Å²) >= 11 is 0. The lowest BCUT2D eigenvalue weighted by Gasteiger charge is -2.09. The Balaban J connectivity index is 1.93. The van der Waals surface area contributed by atoms with E-state index in [1.54, 1.807) is 12.1 Å². The molecule has 0 atom stereocenters. The molecule has 118 valence electrons. The molecule has 2 aromatic carbocycles. The molecule has 0 aromatic heterocycles. The van der Waals surface area contributed by atoms with Crippen LogP contribution in [0.5, 0.6) is 0 Å². The smallest absolute Gasteiger partial charge is 0.240 e. The molecule has 3 N–H and O–H groups in total. The van der Waals surface area contributed by atoms with Crippen LogP contribution in [0.4, 0.5) is 5.69 Å². The maximum Gasteiger partial charge on any atom is 0.240 e. The van der Waals surface area contributed by atoms with E-state index in [0.717, 1.165) is 5.56 Å². The van der Waals surface area contributed by atoms with Crippen molar-refractivity contribution in [1.82, 2.24) is 4.72 Å². The van der Waals surface area contributed by atoms with Crippen LogP contribution in [0.15, 0.2) is 53.4 Å². The monoisotopic (exact) mass is 318 g/mol. The van der Waals surface area contributed by atoms with Gasteiger partial charge in [0.05, 0.1) is 4.90 Å². The number of nitrogens with two attached hydrogens (primary N) is 1. The average Bonchev–Trinajstić information content (AvgIpc) is 2.48. The highest BCUT2D eigenvalue weighted by Crippen LogP contribution is 2.15. The second kappa shape index (κ2) is 6.94. The van der Waals surface area contributed by atoms with Crippen LogP contribution in [0, 0.1) is 0 Å². The van der Waals surface area contributed by atoms with Gasteiger partial charge in [0.1, 0.15) is 0 Å². The van der Waals surface area contributed by atoms with Crippen molar-refractivity contribution >= 4 is 15.7 Å². The van der Waals surface area contributed by atoms with Crippen LogP contribution < -0.4 is 10.5 Å². The lowest BCUT2D eigenvalue weighted by atomic mass is 10.0. The summed E-state index contributed by atoms with van der Waals surface area (Å²) in [4.78, 5) is 0.233. The zero-order valence-corrected chi connectivity index (χ0v) is 13.7. The fourth-order valence-electron chi connectivity index (χ4n) is 2.13. The highest BCUT2D eigenvalue weighted by molar-refractivity contribution is 7.89. The van der Waals surface area contributed by atoms with Crippen molar-refractivity contribution in [3.8, 4) is 0 Å². The Morgan fingerprint density at radius 3 is 2.14 bits per heavy atom. The molecule has 2 rings (SSSR count). The molecule has 5 heteroatoms. The molecule has 0 saturated heterocycles. The topological polar surface area (TPSA) is 72.2 Å². The fraction of sp³-hybridized carbons (Fsp3) is 0.294. The molecule has 0 aliphatic heterocycles. The van der Waals surface area contributed by atoms with E-state index in [1.807, 2.05) is 12.1 Å². The summed E-state index contributed by atoms with van der Waals surface area (Å²) in [5, 5.41) is 0. The van der Waals surface area contributed by atoms with E-state index in [4.69, 9.17) is 5.73 Å². The zero-order chi connectivity index (χ0) is 16.2. The minimum absolute atomic E-state index is 0.233. The quantitative estimate of drug-likeness (QED) is 0.804.